The quantitative estimate of drug-likeness (QED) is 0.471. The Morgan fingerprint density at radius 2 is 1.71 bits per heavy atom. The summed E-state index contributed by atoms with van der Waals surface area (Å²) in [5.41, 5.74) is 4.56. The van der Waals surface area contributed by atoms with Crippen LogP contribution in [-0.2, 0) is 14.4 Å². The standard InChI is InChI=1S/C12H22N4O5/c1-12(2,3)15-9(18)4-5-14-11(21)16(6-8(13)17)7-10(19)20/h4-7H2,1-3H3,(H2,13,17)(H,14,21)(H,15,18)(H,19,20). The van der Waals surface area contributed by atoms with E-state index in [0.29, 0.717) is 0 Å². The number of nitrogens with zero attached hydrogens (tertiary/aromatic N) is 1. The first-order valence-electron chi connectivity index (χ1n) is 6.35. The van der Waals surface area contributed by atoms with Crippen LogP contribution < -0.4 is 16.4 Å². The normalized spacial score (nSPS) is 10.6. The van der Waals surface area contributed by atoms with Crippen LogP contribution >= 0.6 is 0 Å². The van der Waals surface area contributed by atoms with Gasteiger partial charge in [-0.3, -0.25) is 14.4 Å². The molecule has 0 aromatic carbocycles. The highest BCUT2D eigenvalue weighted by Crippen LogP contribution is 1.98. The molecule has 0 aromatic heterocycles. The van der Waals surface area contributed by atoms with Crippen LogP contribution in [0.25, 0.3) is 0 Å². The molecule has 0 aromatic rings. The van der Waals surface area contributed by atoms with E-state index in [1.54, 1.807) is 0 Å². The smallest absolute Gasteiger partial charge is 0.323 e. The van der Waals surface area contributed by atoms with Crippen molar-refractivity contribution in [2.45, 2.75) is 32.7 Å². The molecular weight excluding hydrogens is 280 g/mol. The lowest BCUT2D eigenvalue weighted by Gasteiger charge is -2.21. The lowest BCUT2D eigenvalue weighted by atomic mass is 10.1. The van der Waals surface area contributed by atoms with Crippen molar-refractivity contribution in [2.75, 3.05) is 19.6 Å². The van der Waals surface area contributed by atoms with E-state index < -0.39 is 31.0 Å². The van der Waals surface area contributed by atoms with E-state index in [1.807, 2.05) is 20.8 Å². The Balaban J connectivity index is 4.28. The number of carboxylic acids is 1. The van der Waals surface area contributed by atoms with Gasteiger partial charge in [0.15, 0.2) is 0 Å². The van der Waals surface area contributed by atoms with Gasteiger partial charge >= 0.3 is 12.0 Å². The lowest BCUT2D eigenvalue weighted by molar-refractivity contribution is -0.138. The average Bonchev–Trinajstić information content (AvgIpc) is 2.23. The topological polar surface area (TPSA) is 142 Å². The molecule has 0 aliphatic rings. The Hall–Kier alpha value is -2.32. The molecule has 0 saturated carbocycles. The van der Waals surface area contributed by atoms with Gasteiger partial charge in [0.25, 0.3) is 0 Å². The minimum absolute atomic E-state index is 0.0234. The summed E-state index contributed by atoms with van der Waals surface area (Å²) in [7, 11) is 0. The van der Waals surface area contributed by atoms with Gasteiger partial charge in [0, 0.05) is 18.5 Å². The van der Waals surface area contributed by atoms with E-state index in [9.17, 15) is 19.2 Å². The number of carbonyl (C=O) groups is 4. The number of hydrogen-bond acceptors (Lipinski definition) is 4. The van der Waals surface area contributed by atoms with Crippen LogP contribution in [0.2, 0.25) is 0 Å². The number of nitrogens with two attached hydrogens (primary N) is 1. The minimum Gasteiger partial charge on any atom is -0.480 e. The van der Waals surface area contributed by atoms with Gasteiger partial charge in [-0.15, -0.1) is 0 Å². The molecule has 0 aliphatic heterocycles. The Labute approximate surface area is 122 Å². The fraction of sp³-hybridized carbons (Fsp3) is 0.667. The number of carbonyl (C=O) groups excluding carboxylic acids is 3. The Morgan fingerprint density at radius 1 is 1.14 bits per heavy atom. The third kappa shape index (κ3) is 10.2. The summed E-state index contributed by atoms with van der Waals surface area (Å²) in [6.07, 6.45) is 0.0422. The fourth-order valence-corrected chi connectivity index (χ4v) is 1.43. The van der Waals surface area contributed by atoms with Gasteiger partial charge in [0.1, 0.15) is 13.1 Å². The summed E-state index contributed by atoms with van der Waals surface area (Å²) in [4.78, 5) is 45.3. The first kappa shape index (κ1) is 18.7. The van der Waals surface area contributed by atoms with Crippen LogP contribution in [0.1, 0.15) is 27.2 Å². The predicted molar refractivity (Wildman–Crippen MR) is 74.3 cm³/mol. The van der Waals surface area contributed by atoms with E-state index in [4.69, 9.17) is 10.8 Å². The SMILES string of the molecule is CC(C)(C)NC(=O)CCNC(=O)N(CC(N)=O)CC(=O)O. The molecule has 21 heavy (non-hydrogen) atoms. The third-order valence-corrected chi connectivity index (χ3v) is 2.10. The number of primary amides is 1. The van der Waals surface area contributed by atoms with Gasteiger partial charge in [-0.1, -0.05) is 0 Å². The third-order valence-electron chi connectivity index (χ3n) is 2.10. The summed E-state index contributed by atoms with van der Waals surface area (Å²) in [6.45, 7) is 4.34. The van der Waals surface area contributed by atoms with Crippen molar-refractivity contribution in [3.05, 3.63) is 0 Å². The first-order chi connectivity index (χ1) is 9.51. The highest BCUT2D eigenvalue weighted by Gasteiger charge is 2.19. The zero-order valence-electron chi connectivity index (χ0n) is 12.4. The van der Waals surface area contributed by atoms with Crippen molar-refractivity contribution < 1.29 is 24.3 Å². The van der Waals surface area contributed by atoms with Crippen LogP contribution in [-0.4, -0.2) is 59.0 Å². The molecular formula is C12H22N4O5. The molecule has 0 fully saturated rings. The summed E-state index contributed by atoms with van der Waals surface area (Å²) >= 11 is 0. The van der Waals surface area contributed by atoms with Gasteiger partial charge in [-0.2, -0.15) is 0 Å². The summed E-state index contributed by atoms with van der Waals surface area (Å²) < 4.78 is 0. The first-order valence-corrected chi connectivity index (χ1v) is 6.35. The number of hydrogen-bond donors (Lipinski definition) is 4. The van der Waals surface area contributed by atoms with Crippen LogP contribution in [0, 0.1) is 0 Å². The number of rotatable bonds is 7. The largest absolute Gasteiger partial charge is 0.480 e. The molecule has 0 aliphatic carbocycles. The molecule has 120 valence electrons. The highest BCUT2D eigenvalue weighted by atomic mass is 16.4. The van der Waals surface area contributed by atoms with E-state index in [1.165, 1.54) is 0 Å². The number of aliphatic carboxylic acids is 1. The Morgan fingerprint density at radius 3 is 2.14 bits per heavy atom. The molecule has 9 nitrogen and oxygen atoms in total. The molecule has 0 rings (SSSR count). The second kappa shape index (κ2) is 8.08. The zero-order valence-corrected chi connectivity index (χ0v) is 12.4. The molecule has 0 saturated heterocycles. The zero-order chi connectivity index (χ0) is 16.6. The highest BCUT2D eigenvalue weighted by molar-refractivity contribution is 5.86. The van der Waals surface area contributed by atoms with Crippen molar-refractivity contribution in [1.29, 1.82) is 0 Å². The van der Waals surface area contributed by atoms with Gasteiger partial charge in [-0.05, 0) is 20.8 Å². The molecule has 0 spiro atoms. The van der Waals surface area contributed by atoms with E-state index in [2.05, 4.69) is 10.6 Å². The van der Waals surface area contributed by atoms with Gasteiger partial charge < -0.3 is 26.4 Å². The monoisotopic (exact) mass is 302 g/mol. The van der Waals surface area contributed by atoms with Crippen LogP contribution in [0.3, 0.4) is 0 Å². The fourth-order valence-electron chi connectivity index (χ4n) is 1.43. The molecule has 0 bridgehead atoms. The van der Waals surface area contributed by atoms with E-state index in [0.717, 1.165) is 4.90 Å². The van der Waals surface area contributed by atoms with Gasteiger partial charge in [-0.25, -0.2) is 4.79 Å². The molecule has 0 radical (unpaired) electrons. The summed E-state index contributed by atoms with van der Waals surface area (Å²) in [5, 5.41) is 13.7. The number of carboxylic acid groups (broad SMARTS) is 1. The van der Waals surface area contributed by atoms with Crippen LogP contribution in [0.15, 0.2) is 0 Å². The number of urea groups is 1. The van der Waals surface area contributed by atoms with Crippen molar-refractivity contribution in [1.82, 2.24) is 15.5 Å². The van der Waals surface area contributed by atoms with Crippen molar-refractivity contribution in [2.24, 2.45) is 5.73 Å². The number of nitrogens with one attached hydrogen (secondary N) is 2. The lowest BCUT2D eigenvalue weighted by Crippen LogP contribution is -2.47. The van der Waals surface area contributed by atoms with Crippen molar-refractivity contribution >= 4 is 23.8 Å². The second-order valence-electron chi connectivity index (χ2n) is 5.50. The maximum atomic E-state index is 11.7. The molecule has 0 heterocycles. The molecule has 9 heteroatoms. The molecule has 4 amide bonds. The summed E-state index contributed by atoms with van der Waals surface area (Å²) in [5.74, 6) is -2.34. The predicted octanol–water partition coefficient (Wildman–Crippen LogP) is -1.13. The number of amides is 4. The summed E-state index contributed by atoms with van der Waals surface area (Å²) in [6, 6.07) is -0.764. The average molecular weight is 302 g/mol. The maximum Gasteiger partial charge on any atom is 0.323 e. The molecule has 0 atom stereocenters. The van der Waals surface area contributed by atoms with E-state index >= 15 is 0 Å². The van der Waals surface area contributed by atoms with Crippen molar-refractivity contribution in [3.63, 3.8) is 0 Å². The minimum atomic E-state index is -1.27. The molecule has 0 unspecified atom stereocenters. The second-order valence-corrected chi connectivity index (χ2v) is 5.50. The van der Waals surface area contributed by atoms with Crippen LogP contribution in [0.5, 0.6) is 0 Å². The maximum absolute atomic E-state index is 11.7. The van der Waals surface area contributed by atoms with Gasteiger partial charge in [0.05, 0.1) is 0 Å². The Bertz CT molecular complexity index is 400. The van der Waals surface area contributed by atoms with Gasteiger partial charge in [0.2, 0.25) is 11.8 Å². The van der Waals surface area contributed by atoms with Crippen molar-refractivity contribution in [3.8, 4) is 0 Å². The van der Waals surface area contributed by atoms with E-state index in [-0.39, 0.29) is 24.4 Å². The molecule has 5 N–H and O–H groups in total. The van der Waals surface area contributed by atoms with Crippen LogP contribution in [0.4, 0.5) is 4.79 Å². The Kier molecular flexibility index (Phi) is 7.18.